The number of anilines is 3. The third-order valence-corrected chi connectivity index (χ3v) is 11.5. The molecule has 0 saturated carbocycles. The molecule has 0 saturated heterocycles. The van der Waals surface area contributed by atoms with Gasteiger partial charge in [0.2, 0.25) is 0 Å². The van der Waals surface area contributed by atoms with Gasteiger partial charge >= 0.3 is 0 Å². The molecular formula is C56H37NO. The molecule has 11 rings (SSSR count). The first kappa shape index (κ1) is 33.6. The van der Waals surface area contributed by atoms with Crippen LogP contribution in [0.5, 0.6) is 0 Å². The second kappa shape index (κ2) is 14.1. The average molecular weight is 740 g/mol. The molecular weight excluding hydrogens is 703 g/mol. The van der Waals surface area contributed by atoms with Gasteiger partial charge in [-0.25, -0.2) is 0 Å². The Labute approximate surface area is 337 Å². The van der Waals surface area contributed by atoms with Crippen molar-refractivity contribution in [2.24, 2.45) is 0 Å². The minimum atomic E-state index is 0.898. The van der Waals surface area contributed by atoms with Crippen LogP contribution in [0.15, 0.2) is 229 Å². The Kier molecular flexibility index (Phi) is 8.19. The van der Waals surface area contributed by atoms with E-state index < -0.39 is 0 Å². The number of benzene rings is 10. The Morgan fingerprint density at radius 2 is 0.845 bits per heavy atom. The standard InChI is InChI=1S/C56H37NO/c1-2-12-38(13-3-1)44-18-9-20-48(37-44)57(46-31-26-39(27-32-46)43-17-8-19-45(36-43)50-23-10-16-40-14-4-6-21-49(40)50)47-33-28-42(29-34-47)51-24-11-25-54-55(51)53-35-30-41-15-5-7-22-52(41)56(53)58-54/h1-37H. The van der Waals surface area contributed by atoms with Crippen LogP contribution in [0.3, 0.4) is 0 Å². The first-order valence-electron chi connectivity index (χ1n) is 19.8. The highest BCUT2D eigenvalue weighted by Gasteiger charge is 2.17. The molecule has 1 aromatic heterocycles. The van der Waals surface area contributed by atoms with Crippen molar-refractivity contribution in [2.45, 2.75) is 0 Å². The molecule has 2 heteroatoms. The summed E-state index contributed by atoms with van der Waals surface area (Å²) in [6.07, 6.45) is 0. The lowest BCUT2D eigenvalue weighted by Gasteiger charge is -2.26. The second-order valence-corrected chi connectivity index (χ2v) is 14.9. The van der Waals surface area contributed by atoms with Gasteiger partial charge in [0, 0.05) is 33.2 Å². The van der Waals surface area contributed by atoms with Crippen molar-refractivity contribution in [1.29, 1.82) is 0 Å². The number of rotatable bonds is 7. The highest BCUT2D eigenvalue weighted by atomic mass is 16.3. The molecule has 58 heavy (non-hydrogen) atoms. The van der Waals surface area contributed by atoms with Gasteiger partial charge in [-0.05, 0) is 115 Å². The molecule has 0 N–H and O–H groups in total. The SMILES string of the molecule is c1ccc(-c2cccc(N(c3ccc(-c4cccc(-c5cccc6ccccc56)c4)cc3)c3ccc(-c4cccc5oc6c7ccccc7ccc6c45)cc3)c2)cc1. The topological polar surface area (TPSA) is 16.4 Å². The molecule has 0 amide bonds. The van der Waals surface area contributed by atoms with Crippen molar-refractivity contribution in [3.8, 4) is 44.5 Å². The predicted molar refractivity (Wildman–Crippen MR) is 245 cm³/mol. The first-order valence-corrected chi connectivity index (χ1v) is 19.8. The third-order valence-electron chi connectivity index (χ3n) is 11.5. The number of fused-ring (bicyclic) bond motifs is 6. The van der Waals surface area contributed by atoms with E-state index in [1.807, 2.05) is 0 Å². The van der Waals surface area contributed by atoms with Gasteiger partial charge in [0.25, 0.3) is 0 Å². The molecule has 0 spiro atoms. The van der Waals surface area contributed by atoms with Gasteiger partial charge in [-0.15, -0.1) is 0 Å². The minimum Gasteiger partial charge on any atom is -0.455 e. The average Bonchev–Trinajstić information content (AvgIpc) is 3.70. The number of hydrogen-bond acceptors (Lipinski definition) is 2. The summed E-state index contributed by atoms with van der Waals surface area (Å²) in [6.45, 7) is 0. The van der Waals surface area contributed by atoms with E-state index in [9.17, 15) is 0 Å². The Hall–Kier alpha value is -7.68. The molecule has 0 radical (unpaired) electrons. The summed E-state index contributed by atoms with van der Waals surface area (Å²) in [5.74, 6) is 0. The van der Waals surface area contributed by atoms with E-state index in [0.29, 0.717) is 0 Å². The van der Waals surface area contributed by atoms with Gasteiger partial charge in [0.1, 0.15) is 11.2 Å². The molecule has 0 aliphatic heterocycles. The van der Waals surface area contributed by atoms with E-state index in [1.54, 1.807) is 0 Å². The normalized spacial score (nSPS) is 11.4. The summed E-state index contributed by atoms with van der Waals surface area (Å²) in [6, 6.07) is 80.6. The van der Waals surface area contributed by atoms with E-state index in [1.165, 1.54) is 49.5 Å². The highest BCUT2D eigenvalue weighted by Crippen LogP contribution is 2.42. The van der Waals surface area contributed by atoms with E-state index in [0.717, 1.165) is 55.5 Å². The maximum Gasteiger partial charge on any atom is 0.143 e. The zero-order chi connectivity index (χ0) is 38.4. The molecule has 11 aromatic rings. The smallest absolute Gasteiger partial charge is 0.143 e. The molecule has 0 fully saturated rings. The Bertz CT molecular complexity index is 3260. The van der Waals surface area contributed by atoms with E-state index >= 15 is 0 Å². The van der Waals surface area contributed by atoms with E-state index in [-0.39, 0.29) is 0 Å². The van der Waals surface area contributed by atoms with Crippen LogP contribution in [-0.4, -0.2) is 0 Å². The Morgan fingerprint density at radius 1 is 0.293 bits per heavy atom. The molecule has 0 atom stereocenters. The number of hydrogen-bond donors (Lipinski definition) is 0. The summed E-state index contributed by atoms with van der Waals surface area (Å²) in [5.41, 5.74) is 14.6. The Balaban J connectivity index is 0.990. The summed E-state index contributed by atoms with van der Waals surface area (Å²) in [4.78, 5) is 2.35. The molecule has 0 unspecified atom stereocenters. The fourth-order valence-corrected chi connectivity index (χ4v) is 8.63. The van der Waals surface area contributed by atoms with Crippen molar-refractivity contribution in [2.75, 3.05) is 4.90 Å². The zero-order valence-electron chi connectivity index (χ0n) is 31.7. The highest BCUT2D eigenvalue weighted by molar-refractivity contribution is 6.19. The predicted octanol–water partition coefficient (Wildman–Crippen LogP) is 16.0. The van der Waals surface area contributed by atoms with Gasteiger partial charge in [-0.3, -0.25) is 0 Å². The van der Waals surface area contributed by atoms with Crippen LogP contribution >= 0.6 is 0 Å². The lowest BCUT2D eigenvalue weighted by Crippen LogP contribution is -2.10. The van der Waals surface area contributed by atoms with Crippen molar-refractivity contribution < 1.29 is 4.42 Å². The third kappa shape index (κ3) is 5.91. The second-order valence-electron chi connectivity index (χ2n) is 14.9. The van der Waals surface area contributed by atoms with E-state index in [2.05, 4.69) is 229 Å². The van der Waals surface area contributed by atoms with Crippen LogP contribution in [0.2, 0.25) is 0 Å². The Morgan fingerprint density at radius 3 is 1.64 bits per heavy atom. The van der Waals surface area contributed by atoms with Crippen LogP contribution in [0.1, 0.15) is 0 Å². The maximum atomic E-state index is 6.53. The van der Waals surface area contributed by atoms with Crippen LogP contribution in [0.25, 0.3) is 88.0 Å². The molecule has 0 bridgehead atoms. The number of nitrogens with zero attached hydrogens (tertiary/aromatic N) is 1. The van der Waals surface area contributed by atoms with Crippen LogP contribution in [0.4, 0.5) is 17.1 Å². The zero-order valence-corrected chi connectivity index (χ0v) is 31.7. The fourth-order valence-electron chi connectivity index (χ4n) is 8.63. The summed E-state index contributed by atoms with van der Waals surface area (Å²) in [5, 5.41) is 7.10. The molecule has 0 aliphatic carbocycles. The van der Waals surface area contributed by atoms with Crippen molar-refractivity contribution >= 4 is 60.5 Å². The van der Waals surface area contributed by atoms with Gasteiger partial charge in [0.15, 0.2) is 0 Å². The van der Waals surface area contributed by atoms with Crippen LogP contribution < -0.4 is 4.90 Å². The lowest BCUT2D eigenvalue weighted by molar-refractivity contribution is 0.673. The molecule has 272 valence electrons. The first-order chi connectivity index (χ1) is 28.7. The van der Waals surface area contributed by atoms with Crippen molar-refractivity contribution in [1.82, 2.24) is 0 Å². The van der Waals surface area contributed by atoms with Gasteiger partial charge < -0.3 is 9.32 Å². The minimum absolute atomic E-state index is 0.898. The van der Waals surface area contributed by atoms with Crippen LogP contribution in [-0.2, 0) is 0 Å². The molecule has 1 heterocycles. The molecule has 0 aliphatic rings. The largest absolute Gasteiger partial charge is 0.455 e. The lowest BCUT2D eigenvalue weighted by atomic mass is 9.95. The van der Waals surface area contributed by atoms with Crippen molar-refractivity contribution in [3.05, 3.63) is 224 Å². The molecule has 10 aromatic carbocycles. The van der Waals surface area contributed by atoms with Gasteiger partial charge in [-0.2, -0.15) is 0 Å². The summed E-state index contributed by atoms with van der Waals surface area (Å²) in [7, 11) is 0. The number of furan rings is 1. The monoisotopic (exact) mass is 739 g/mol. The molecule has 2 nitrogen and oxygen atoms in total. The summed E-state index contributed by atoms with van der Waals surface area (Å²) < 4.78 is 6.53. The fraction of sp³-hybridized carbons (Fsp3) is 0. The van der Waals surface area contributed by atoms with Gasteiger partial charge in [0.05, 0.1) is 0 Å². The summed E-state index contributed by atoms with van der Waals surface area (Å²) >= 11 is 0. The van der Waals surface area contributed by atoms with E-state index in [4.69, 9.17) is 4.42 Å². The quantitative estimate of drug-likeness (QED) is 0.162. The van der Waals surface area contributed by atoms with Crippen LogP contribution in [0, 0.1) is 0 Å². The maximum absolute atomic E-state index is 6.53. The van der Waals surface area contributed by atoms with Gasteiger partial charge in [-0.1, -0.05) is 170 Å². The van der Waals surface area contributed by atoms with Crippen molar-refractivity contribution in [3.63, 3.8) is 0 Å².